The molecule has 0 radical (unpaired) electrons. The Morgan fingerprint density at radius 1 is 1.41 bits per heavy atom. The molecule has 94 valence electrons. The Morgan fingerprint density at radius 2 is 2.24 bits per heavy atom. The standard InChI is InChI=1S/C9H10F3N3OS/c10-9(11,12)5-16-8-7(14-17-15-8)6-2-1-3-13-4-6/h2,13H,1,3-5H2. The van der Waals surface area contributed by atoms with E-state index >= 15 is 0 Å². The van der Waals surface area contributed by atoms with Crippen LogP contribution in [-0.2, 0) is 0 Å². The first-order valence-corrected chi connectivity index (χ1v) is 5.71. The van der Waals surface area contributed by atoms with E-state index in [0.29, 0.717) is 12.2 Å². The molecule has 17 heavy (non-hydrogen) atoms. The number of nitrogens with zero attached hydrogens (tertiary/aromatic N) is 2. The lowest BCUT2D eigenvalue weighted by atomic mass is 10.1. The predicted octanol–water partition coefficient (Wildman–Crippen LogP) is 1.86. The van der Waals surface area contributed by atoms with Crippen LogP contribution in [0.3, 0.4) is 0 Å². The number of rotatable bonds is 3. The van der Waals surface area contributed by atoms with Gasteiger partial charge in [0.15, 0.2) is 6.61 Å². The van der Waals surface area contributed by atoms with Crippen molar-refractivity contribution < 1.29 is 17.9 Å². The Labute approximate surface area is 99.8 Å². The number of hydrogen-bond acceptors (Lipinski definition) is 5. The Kier molecular flexibility index (Phi) is 3.63. The summed E-state index contributed by atoms with van der Waals surface area (Å²) in [4.78, 5) is 0. The SMILES string of the molecule is FC(F)(F)COc1nsnc1C1=CCCNC1. The number of alkyl halides is 3. The second-order valence-corrected chi connectivity index (χ2v) is 4.05. The van der Waals surface area contributed by atoms with Crippen molar-refractivity contribution in [3.63, 3.8) is 0 Å². The number of aromatic nitrogens is 2. The van der Waals surface area contributed by atoms with Crippen molar-refractivity contribution in [3.05, 3.63) is 11.8 Å². The van der Waals surface area contributed by atoms with Crippen LogP contribution < -0.4 is 10.1 Å². The van der Waals surface area contributed by atoms with Crippen LogP contribution in [0.25, 0.3) is 5.57 Å². The van der Waals surface area contributed by atoms with Gasteiger partial charge >= 0.3 is 6.18 Å². The first-order chi connectivity index (χ1) is 8.06. The minimum atomic E-state index is -4.36. The third-order valence-corrected chi connectivity index (χ3v) is 2.67. The van der Waals surface area contributed by atoms with E-state index in [0.717, 1.165) is 30.3 Å². The van der Waals surface area contributed by atoms with Crippen LogP contribution >= 0.6 is 11.7 Å². The summed E-state index contributed by atoms with van der Waals surface area (Å²) < 4.78 is 48.4. The van der Waals surface area contributed by atoms with E-state index < -0.39 is 12.8 Å². The van der Waals surface area contributed by atoms with Gasteiger partial charge in [-0.1, -0.05) is 6.08 Å². The fourth-order valence-electron chi connectivity index (χ4n) is 1.45. The molecule has 1 N–H and O–H groups in total. The number of hydrogen-bond donors (Lipinski definition) is 1. The Bertz CT molecular complexity index is 416. The van der Waals surface area contributed by atoms with Gasteiger partial charge in [0.05, 0.1) is 11.7 Å². The molecular weight excluding hydrogens is 255 g/mol. The molecule has 0 spiro atoms. The van der Waals surface area contributed by atoms with Crippen molar-refractivity contribution in [2.75, 3.05) is 19.7 Å². The molecule has 1 aromatic rings. The highest BCUT2D eigenvalue weighted by Gasteiger charge is 2.30. The quantitative estimate of drug-likeness (QED) is 0.906. The second kappa shape index (κ2) is 5.01. The maximum atomic E-state index is 12.0. The van der Waals surface area contributed by atoms with Crippen molar-refractivity contribution in [1.82, 2.24) is 14.1 Å². The zero-order valence-corrected chi connectivity index (χ0v) is 9.57. The summed E-state index contributed by atoms with van der Waals surface area (Å²) in [5.74, 6) is -0.0396. The molecule has 1 aliphatic rings. The van der Waals surface area contributed by atoms with Gasteiger partial charge in [-0.2, -0.15) is 17.5 Å². The van der Waals surface area contributed by atoms with Gasteiger partial charge in [-0.25, -0.2) is 0 Å². The molecule has 2 rings (SSSR count). The zero-order chi connectivity index (χ0) is 12.3. The molecule has 0 unspecified atom stereocenters. The number of ether oxygens (including phenoxy) is 1. The lowest BCUT2D eigenvalue weighted by Crippen LogP contribution is -2.23. The highest BCUT2D eigenvalue weighted by molar-refractivity contribution is 6.99. The van der Waals surface area contributed by atoms with Crippen LogP contribution in [0.2, 0.25) is 0 Å². The van der Waals surface area contributed by atoms with Gasteiger partial charge in [0.25, 0.3) is 5.88 Å². The molecular formula is C9H10F3N3OS. The summed E-state index contributed by atoms with van der Waals surface area (Å²) >= 11 is 0.849. The molecule has 0 amide bonds. The van der Waals surface area contributed by atoms with E-state index in [1.165, 1.54) is 0 Å². The second-order valence-electron chi connectivity index (χ2n) is 3.52. The molecule has 0 aromatic carbocycles. The lowest BCUT2D eigenvalue weighted by Gasteiger charge is -2.13. The third-order valence-electron chi connectivity index (χ3n) is 2.16. The third kappa shape index (κ3) is 3.40. The Hall–Kier alpha value is -1.15. The van der Waals surface area contributed by atoms with E-state index in [1.807, 2.05) is 6.08 Å². The molecule has 4 nitrogen and oxygen atoms in total. The molecule has 1 aromatic heterocycles. The zero-order valence-electron chi connectivity index (χ0n) is 8.75. The van der Waals surface area contributed by atoms with Crippen molar-refractivity contribution >= 4 is 17.3 Å². The van der Waals surface area contributed by atoms with Gasteiger partial charge in [-0.05, 0) is 18.5 Å². The van der Waals surface area contributed by atoms with E-state index in [2.05, 4.69) is 18.8 Å². The van der Waals surface area contributed by atoms with Crippen molar-refractivity contribution in [2.24, 2.45) is 0 Å². The number of halogens is 3. The largest absolute Gasteiger partial charge is 0.466 e. The predicted molar refractivity (Wildman–Crippen MR) is 56.9 cm³/mol. The summed E-state index contributed by atoms with van der Waals surface area (Å²) in [6, 6.07) is 0. The van der Waals surface area contributed by atoms with Crippen LogP contribution in [0, 0.1) is 0 Å². The summed E-state index contributed by atoms with van der Waals surface area (Å²) in [5, 5.41) is 3.11. The van der Waals surface area contributed by atoms with E-state index in [1.54, 1.807) is 0 Å². The summed E-state index contributed by atoms with van der Waals surface area (Å²) in [6.45, 7) is 0.0969. The van der Waals surface area contributed by atoms with Crippen molar-refractivity contribution in [1.29, 1.82) is 0 Å². The number of nitrogens with one attached hydrogen (secondary N) is 1. The summed E-state index contributed by atoms with van der Waals surface area (Å²) in [5.41, 5.74) is 1.24. The maximum absolute atomic E-state index is 12.0. The smallest absolute Gasteiger partial charge is 0.422 e. The average molecular weight is 265 g/mol. The van der Waals surface area contributed by atoms with Crippen LogP contribution in [-0.4, -0.2) is 34.6 Å². The van der Waals surface area contributed by atoms with Crippen LogP contribution in [0.5, 0.6) is 5.88 Å². The lowest BCUT2D eigenvalue weighted by molar-refractivity contribution is -0.154. The van der Waals surface area contributed by atoms with Gasteiger partial charge in [-0.3, -0.25) is 0 Å². The topological polar surface area (TPSA) is 47.0 Å². The molecule has 0 aliphatic carbocycles. The fraction of sp³-hybridized carbons (Fsp3) is 0.556. The Balaban J connectivity index is 2.09. The van der Waals surface area contributed by atoms with Crippen molar-refractivity contribution in [2.45, 2.75) is 12.6 Å². The highest BCUT2D eigenvalue weighted by Crippen LogP contribution is 2.26. The minimum absolute atomic E-state index is 0.0396. The van der Waals surface area contributed by atoms with E-state index in [9.17, 15) is 13.2 Å². The molecule has 0 saturated heterocycles. The molecule has 0 fully saturated rings. The van der Waals surface area contributed by atoms with Gasteiger partial charge in [0.1, 0.15) is 5.69 Å². The first-order valence-electron chi connectivity index (χ1n) is 4.98. The van der Waals surface area contributed by atoms with Crippen LogP contribution in [0.15, 0.2) is 6.08 Å². The maximum Gasteiger partial charge on any atom is 0.422 e. The van der Waals surface area contributed by atoms with Crippen LogP contribution in [0.1, 0.15) is 12.1 Å². The van der Waals surface area contributed by atoms with E-state index in [-0.39, 0.29) is 5.88 Å². The summed E-state index contributed by atoms with van der Waals surface area (Å²) in [6.07, 6.45) is -1.60. The van der Waals surface area contributed by atoms with Gasteiger partial charge in [0.2, 0.25) is 0 Å². The van der Waals surface area contributed by atoms with Gasteiger partial charge in [0, 0.05) is 6.54 Å². The fourth-order valence-corrected chi connectivity index (χ4v) is 1.98. The minimum Gasteiger partial charge on any atom is -0.466 e. The van der Waals surface area contributed by atoms with Gasteiger partial charge < -0.3 is 10.1 Å². The molecule has 1 aliphatic heterocycles. The van der Waals surface area contributed by atoms with Gasteiger partial charge in [-0.15, -0.1) is 4.37 Å². The van der Waals surface area contributed by atoms with Crippen LogP contribution in [0.4, 0.5) is 13.2 Å². The average Bonchev–Trinajstić information content (AvgIpc) is 2.75. The molecule has 0 bridgehead atoms. The monoisotopic (exact) mass is 265 g/mol. The van der Waals surface area contributed by atoms with Crippen molar-refractivity contribution in [3.8, 4) is 5.88 Å². The first kappa shape index (κ1) is 12.3. The highest BCUT2D eigenvalue weighted by atomic mass is 32.1. The molecule has 0 saturated carbocycles. The molecule has 2 heterocycles. The summed E-state index contributed by atoms with van der Waals surface area (Å²) in [7, 11) is 0. The molecule has 0 atom stereocenters. The van der Waals surface area contributed by atoms with E-state index in [4.69, 9.17) is 0 Å². The Morgan fingerprint density at radius 3 is 2.88 bits per heavy atom. The molecule has 8 heteroatoms. The normalized spacial score (nSPS) is 16.8.